The molecule has 0 aliphatic rings. The molecule has 0 heterocycles. The zero-order valence-electron chi connectivity index (χ0n) is 15.0. The Labute approximate surface area is 180 Å². The Bertz CT molecular complexity index is 915. The topological polar surface area (TPSA) is 113 Å². The predicted molar refractivity (Wildman–Crippen MR) is 96.5 cm³/mol. The van der Waals surface area contributed by atoms with Gasteiger partial charge in [-0.3, -0.25) is 9.59 Å². The Morgan fingerprint density at radius 1 is 1.13 bits per heavy atom. The van der Waals surface area contributed by atoms with Crippen LogP contribution in [0.3, 0.4) is 0 Å². The molecule has 1 amide bonds. The van der Waals surface area contributed by atoms with E-state index < -0.39 is 62.9 Å². The van der Waals surface area contributed by atoms with Crippen LogP contribution < -0.4 is 10.1 Å². The number of esters is 1. The van der Waals surface area contributed by atoms with E-state index in [2.05, 4.69) is 0 Å². The third-order valence-electron chi connectivity index (χ3n) is 3.56. The summed E-state index contributed by atoms with van der Waals surface area (Å²) in [6.45, 7) is 2.76. The van der Waals surface area contributed by atoms with Crippen molar-refractivity contribution in [2.75, 3.05) is 5.75 Å². The molecule has 0 fully saturated rings. The van der Waals surface area contributed by atoms with Crippen molar-refractivity contribution in [2.45, 2.75) is 31.7 Å². The second-order valence-electron chi connectivity index (χ2n) is 6.27. The van der Waals surface area contributed by atoms with Gasteiger partial charge in [0.25, 0.3) is 5.91 Å². The van der Waals surface area contributed by atoms with Crippen LogP contribution in [0.4, 0.5) is 26.3 Å². The summed E-state index contributed by atoms with van der Waals surface area (Å²) in [5, 5.41) is 0.584. The Hall–Kier alpha value is -1.62. The van der Waals surface area contributed by atoms with Gasteiger partial charge in [0, 0.05) is 3.57 Å². The number of amides is 1. The van der Waals surface area contributed by atoms with Gasteiger partial charge in [-0.15, -0.1) is 0 Å². The molecule has 1 aromatic rings. The molecule has 0 aliphatic heterocycles. The van der Waals surface area contributed by atoms with E-state index >= 15 is 0 Å². The minimum absolute atomic E-state index is 0.316. The van der Waals surface area contributed by atoms with Crippen molar-refractivity contribution in [2.24, 2.45) is 5.92 Å². The summed E-state index contributed by atoms with van der Waals surface area (Å²) in [5.41, 5.74) is -6.30. The SMILES string of the molecule is CC(C)C(=O)Oc1cc(I)ccc1C(=O)NC(CS(=O)(=O)[O-])(C(F)(F)F)C(F)(F)F. The second-order valence-corrected chi connectivity index (χ2v) is 8.92. The van der Waals surface area contributed by atoms with Gasteiger partial charge in [-0.2, -0.15) is 26.3 Å². The number of benzene rings is 1. The van der Waals surface area contributed by atoms with Gasteiger partial charge in [0.2, 0.25) is 5.54 Å². The summed E-state index contributed by atoms with van der Waals surface area (Å²) in [5.74, 6) is -7.43. The third kappa shape index (κ3) is 6.19. The highest BCUT2D eigenvalue weighted by molar-refractivity contribution is 14.1. The number of hydrogen-bond acceptors (Lipinski definition) is 6. The first-order valence-corrected chi connectivity index (χ1v) is 10.4. The lowest BCUT2D eigenvalue weighted by Gasteiger charge is -2.38. The van der Waals surface area contributed by atoms with E-state index in [1.165, 1.54) is 13.8 Å². The number of rotatable bonds is 6. The van der Waals surface area contributed by atoms with Crippen molar-refractivity contribution < 1.29 is 53.6 Å². The average Bonchev–Trinajstić information content (AvgIpc) is 2.50. The van der Waals surface area contributed by atoms with Crippen LogP contribution in [-0.4, -0.2) is 48.5 Å². The maximum Gasteiger partial charge on any atom is 0.421 e. The number of halogens is 7. The highest BCUT2D eigenvalue weighted by Crippen LogP contribution is 2.44. The molecule has 1 N–H and O–H groups in total. The van der Waals surface area contributed by atoms with Gasteiger partial charge in [-0.25, -0.2) is 8.42 Å². The highest BCUT2D eigenvalue weighted by Gasteiger charge is 2.72. The first-order chi connectivity index (χ1) is 13.3. The fraction of sp³-hybridized carbons (Fsp3) is 0.467. The number of ether oxygens (including phenoxy) is 1. The average molecular weight is 576 g/mol. The molecular weight excluding hydrogens is 563 g/mol. The predicted octanol–water partition coefficient (Wildman–Crippen LogP) is 2.99. The van der Waals surface area contributed by atoms with Crippen LogP contribution in [0.1, 0.15) is 24.2 Å². The van der Waals surface area contributed by atoms with E-state index in [0.717, 1.165) is 18.2 Å². The van der Waals surface area contributed by atoms with Crippen LogP contribution in [0, 0.1) is 9.49 Å². The lowest BCUT2D eigenvalue weighted by molar-refractivity contribution is -0.296. The van der Waals surface area contributed by atoms with Crippen molar-refractivity contribution in [1.29, 1.82) is 0 Å². The number of nitrogens with one attached hydrogen (secondary N) is 1. The van der Waals surface area contributed by atoms with Crippen molar-refractivity contribution in [3.8, 4) is 5.75 Å². The Morgan fingerprint density at radius 3 is 2.03 bits per heavy atom. The minimum atomic E-state index is -6.41. The molecule has 170 valence electrons. The van der Waals surface area contributed by atoms with E-state index in [4.69, 9.17) is 4.74 Å². The Kier molecular flexibility index (Phi) is 7.80. The zero-order valence-corrected chi connectivity index (χ0v) is 18.0. The Morgan fingerprint density at radius 2 is 1.63 bits per heavy atom. The van der Waals surface area contributed by atoms with Gasteiger partial charge in [-0.05, 0) is 40.8 Å². The summed E-state index contributed by atoms with van der Waals surface area (Å²) in [6, 6.07) is 2.90. The van der Waals surface area contributed by atoms with Crippen molar-refractivity contribution in [3.63, 3.8) is 0 Å². The minimum Gasteiger partial charge on any atom is -0.748 e. The normalized spacial score (nSPS) is 13.3. The first-order valence-electron chi connectivity index (χ1n) is 7.71. The molecule has 1 rings (SSSR count). The van der Waals surface area contributed by atoms with Crippen LogP contribution >= 0.6 is 22.6 Å². The highest BCUT2D eigenvalue weighted by atomic mass is 127. The van der Waals surface area contributed by atoms with Gasteiger partial charge in [0.05, 0.1) is 27.4 Å². The quantitative estimate of drug-likeness (QED) is 0.183. The molecular formula is C15H13F6INO6S-. The molecule has 0 saturated heterocycles. The fourth-order valence-electron chi connectivity index (χ4n) is 2.02. The molecule has 15 heteroatoms. The number of alkyl halides is 6. The van der Waals surface area contributed by atoms with Crippen LogP contribution in [0.5, 0.6) is 5.75 Å². The molecule has 30 heavy (non-hydrogen) atoms. The van der Waals surface area contributed by atoms with Gasteiger partial charge in [-0.1, -0.05) is 13.8 Å². The molecule has 0 unspecified atom stereocenters. The van der Waals surface area contributed by atoms with Gasteiger partial charge in [0.15, 0.2) is 0 Å². The second kappa shape index (κ2) is 8.86. The smallest absolute Gasteiger partial charge is 0.421 e. The van der Waals surface area contributed by atoms with Crippen LogP contribution in [-0.2, 0) is 14.9 Å². The number of carbonyl (C=O) groups excluding carboxylic acids is 2. The van der Waals surface area contributed by atoms with E-state index in [1.807, 2.05) is 0 Å². The molecule has 0 spiro atoms. The van der Waals surface area contributed by atoms with Gasteiger partial charge >= 0.3 is 18.3 Å². The number of hydrogen-bond donors (Lipinski definition) is 1. The number of carbonyl (C=O) groups is 2. The van der Waals surface area contributed by atoms with E-state index in [-0.39, 0.29) is 0 Å². The fourth-order valence-corrected chi connectivity index (χ4v) is 3.42. The summed E-state index contributed by atoms with van der Waals surface area (Å²) in [4.78, 5) is 24.1. The first kappa shape index (κ1) is 26.4. The van der Waals surface area contributed by atoms with Crippen LogP contribution in [0.2, 0.25) is 0 Å². The molecule has 0 radical (unpaired) electrons. The maximum absolute atomic E-state index is 13.3. The van der Waals surface area contributed by atoms with Gasteiger partial charge in [0.1, 0.15) is 5.75 Å². The largest absolute Gasteiger partial charge is 0.748 e. The lowest BCUT2D eigenvalue weighted by atomic mass is 9.99. The third-order valence-corrected chi connectivity index (χ3v) is 5.02. The summed E-state index contributed by atoms with van der Waals surface area (Å²) >= 11 is 1.68. The van der Waals surface area contributed by atoms with E-state index in [1.54, 1.807) is 22.6 Å². The Balaban J connectivity index is 3.56. The van der Waals surface area contributed by atoms with Gasteiger partial charge < -0.3 is 14.6 Å². The van der Waals surface area contributed by atoms with E-state index in [9.17, 15) is 48.9 Å². The van der Waals surface area contributed by atoms with Crippen LogP contribution in [0.25, 0.3) is 0 Å². The van der Waals surface area contributed by atoms with Crippen molar-refractivity contribution in [1.82, 2.24) is 5.32 Å². The summed E-state index contributed by atoms with van der Waals surface area (Å²) < 4.78 is 118. The molecule has 0 aromatic heterocycles. The molecule has 0 bridgehead atoms. The molecule has 1 aromatic carbocycles. The monoisotopic (exact) mass is 576 g/mol. The molecule has 0 atom stereocenters. The van der Waals surface area contributed by atoms with Crippen LogP contribution in [0.15, 0.2) is 18.2 Å². The van der Waals surface area contributed by atoms with Crippen molar-refractivity contribution in [3.05, 3.63) is 27.3 Å². The van der Waals surface area contributed by atoms with Crippen molar-refractivity contribution >= 4 is 44.6 Å². The standard InChI is InChI=1S/C15H14F6INO6S/c1-7(2)12(25)29-10-5-8(22)3-4-9(10)11(24)23-13(14(16,17)18,15(19,20)21)6-30(26,27)28/h3-5,7H,6H2,1-2H3,(H,23,24)(H,26,27,28)/p-1. The molecule has 0 saturated carbocycles. The molecule has 7 nitrogen and oxygen atoms in total. The lowest BCUT2D eigenvalue weighted by Crippen LogP contribution is -2.70. The zero-order chi connectivity index (χ0) is 23.7. The maximum atomic E-state index is 13.3. The summed E-state index contributed by atoms with van der Waals surface area (Å²) in [6.07, 6.45) is -12.8. The van der Waals surface area contributed by atoms with E-state index in [0.29, 0.717) is 8.89 Å². The summed E-state index contributed by atoms with van der Waals surface area (Å²) in [7, 11) is -6.11. The molecule has 0 aliphatic carbocycles.